The summed E-state index contributed by atoms with van der Waals surface area (Å²) in [4.78, 5) is 50.3. The van der Waals surface area contributed by atoms with Gasteiger partial charge in [-0.2, -0.15) is 0 Å². The number of primary amides is 1. The third kappa shape index (κ3) is 7.36. The summed E-state index contributed by atoms with van der Waals surface area (Å²) in [6, 6.07) is -2.36. The van der Waals surface area contributed by atoms with Crippen molar-refractivity contribution < 1.29 is 23.9 Å². The molecule has 1 fully saturated rings. The molecule has 1 rings (SSSR count). The molecule has 1 aliphatic heterocycles. The Morgan fingerprint density at radius 1 is 1.14 bits per heavy atom. The molecule has 1 aliphatic rings. The maximum atomic E-state index is 12.8. The number of nitrogens with two attached hydrogens (primary N) is 1. The standard InChI is InChI=1S/C19H34N4O5/c1-11(2)10-13(16(25)21-12(3)15(20)24)22-17(26)14-8-7-9-23(14)18(27)28-19(4,5)6/h11-14H,7-10H2,1-6H3,(H2,20,24)(H,21,25)(H,22,26)/t12-,13+,14+/m1/s1. The van der Waals surface area contributed by atoms with E-state index in [4.69, 9.17) is 10.5 Å². The summed E-state index contributed by atoms with van der Waals surface area (Å²) in [5.41, 5.74) is 4.53. The van der Waals surface area contributed by atoms with Crippen LogP contribution in [0.25, 0.3) is 0 Å². The summed E-state index contributed by atoms with van der Waals surface area (Å²) in [6.45, 7) is 11.0. The van der Waals surface area contributed by atoms with Gasteiger partial charge in [0.05, 0.1) is 0 Å². The highest BCUT2D eigenvalue weighted by Crippen LogP contribution is 2.21. The number of likely N-dealkylation sites (tertiary alicyclic amines) is 1. The SMILES string of the molecule is CC(C)C[C@H](NC(=O)[C@@H]1CCCN1C(=O)OC(C)(C)C)C(=O)N[C@H](C)C(N)=O. The summed E-state index contributed by atoms with van der Waals surface area (Å²) in [7, 11) is 0. The van der Waals surface area contributed by atoms with Gasteiger partial charge in [-0.25, -0.2) is 4.79 Å². The maximum Gasteiger partial charge on any atom is 0.410 e. The van der Waals surface area contributed by atoms with Crippen molar-refractivity contribution in [2.24, 2.45) is 11.7 Å². The summed E-state index contributed by atoms with van der Waals surface area (Å²) in [5, 5.41) is 5.24. The minimum atomic E-state index is -0.844. The quantitative estimate of drug-likeness (QED) is 0.586. The van der Waals surface area contributed by atoms with Gasteiger partial charge in [0.1, 0.15) is 23.7 Å². The molecule has 0 unspecified atom stereocenters. The predicted molar refractivity (Wildman–Crippen MR) is 104 cm³/mol. The van der Waals surface area contributed by atoms with Gasteiger partial charge in [-0.3, -0.25) is 19.3 Å². The zero-order valence-electron chi connectivity index (χ0n) is 17.7. The Kier molecular flexibility index (Phi) is 8.26. The highest BCUT2D eigenvalue weighted by molar-refractivity contribution is 5.93. The highest BCUT2D eigenvalue weighted by Gasteiger charge is 2.38. The van der Waals surface area contributed by atoms with Crippen molar-refractivity contribution in [1.82, 2.24) is 15.5 Å². The van der Waals surface area contributed by atoms with Crippen LogP contribution >= 0.6 is 0 Å². The molecule has 160 valence electrons. The molecule has 0 saturated carbocycles. The molecule has 0 aromatic rings. The van der Waals surface area contributed by atoms with Gasteiger partial charge in [0.2, 0.25) is 17.7 Å². The summed E-state index contributed by atoms with van der Waals surface area (Å²) in [5.74, 6) is -1.41. The first-order valence-corrected chi connectivity index (χ1v) is 9.71. The molecule has 4 amide bonds. The van der Waals surface area contributed by atoms with Gasteiger partial charge in [0.25, 0.3) is 0 Å². The van der Waals surface area contributed by atoms with E-state index in [1.165, 1.54) is 11.8 Å². The topological polar surface area (TPSA) is 131 Å². The first-order valence-electron chi connectivity index (χ1n) is 9.71. The summed E-state index contributed by atoms with van der Waals surface area (Å²) >= 11 is 0. The number of rotatable bonds is 7. The van der Waals surface area contributed by atoms with E-state index in [0.717, 1.165) is 0 Å². The van der Waals surface area contributed by atoms with Crippen LogP contribution < -0.4 is 16.4 Å². The van der Waals surface area contributed by atoms with Crippen molar-refractivity contribution >= 4 is 23.8 Å². The van der Waals surface area contributed by atoms with Gasteiger partial charge in [0.15, 0.2) is 0 Å². The Bertz CT molecular complexity index is 600. The third-order valence-corrected chi connectivity index (χ3v) is 4.31. The van der Waals surface area contributed by atoms with Crippen LogP contribution in [0.4, 0.5) is 4.79 Å². The molecule has 0 radical (unpaired) electrons. The van der Waals surface area contributed by atoms with Gasteiger partial charge in [0, 0.05) is 6.54 Å². The van der Waals surface area contributed by atoms with Gasteiger partial charge in [-0.05, 0) is 52.9 Å². The van der Waals surface area contributed by atoms with E-state index < -0.39 is 47.5 Å². The lowest BCUT2D eigenvalue weighted by Gasteiger charge is -2.29. The minimum absolute atomic E-state index is 0.130. The molecular weight excluding hydrogens is 364 g/mol. The van der Waals surface area contributed by atoms with Crippen LogP contribution in [-0.4, -0.2) is 59.0 Å². The van der Waals surface area contributed by atoms with E-state index in [2.05, 4.69) is 10.6 Å². The second-order valence-corrected chi connectivity index (χ2v) is 8.66. The molecule has 9 nitrogen and oxygen atoms in total. The second kappa shape index (κ2) is 9.75. The zero-order valence-corrected chi connectivity index (χ0v) is 17.7. The number of carbonyl (C=O) groups excluding carboxylic acids is 4. The summed E-state index contributed by atoms with van der Waals surface area (Å²) < 4.78 is 5.37. The molecule has 0 aromatic carbocycles. The predicted octanol–water partition coefficient (Wildman–Crippen LogP) is 0.907. The number of hydrogen-bond acceptors (Lipinski definition) is 5. The fraction of sp³-hybridized carbons (Fsp3) is 0.789. The normalized spacial score (nSPS) is 19.1. The fourth-order valence-corrected chi connectivity index (χ4v) is 2.93. The molecule has 0 aromatic heterocycles. The van der Waals surface area contributed by atoms with Crippen molar-refractivity contribution in [2.45, 2.75) is 84.5 Å². The van der Waals surface area contributed by atoms with E-state index in [1.807, 2.05) is 13.8 Å². The van der Waals surface area contributed by atoms with E-state index in [9.17, 15) is 19.2 Å². The first-order chi connectivity index (χ1) is 12.8. The Hall–Kier alpha value is -2.32. The number of carbonyl (C=O) groups is 4. The molecular formula is C19H34N4O5. The number of nitrogens with one attached hydrogen (secondary N) is 2. The Labute approximate surface area is 166 Å². The van der Waals surface area contributed by atoms with Crippen molar-refractivity contribution in [3.8, 4) is 0 Å². The third-order valence-electron chi connectivity index (χ3n) is 4.31. The van der Waals surface area contributed by atoms with E-state index in [1.54, 1.807) is 20.8 Å². The number of ether oxygens (including phenoxy) is 1. The molecule has 0 aliphatic carbocycles. The van der Waals surface area contributed by atoms with Crippen LogP contribution in [0, 0.1) is 5.92 Å². The highest BCUT2D eigenvalue weighted by atomic mass is 16.6. The Morgan fingerprint density at radius 3 is 2.25 bits per heavy atom. The monoisotopic (exact) mass is 398 g/mol. The molecule has 0 spiro atoms. The van der Waals surface area contributed by atoms with Gasteiger partial charge < -0.3 is 21.1 Å². The van der Waals surface area contributed by atoms with E-state index in [-0.39, 0.29) is 5.92 Å². The lowest BCUT2D eigenvalue weighted by molar-refractivity contribution is -0.133. The van der Waals surface area contributed by atoms with Crippen LogP contribution in [0.2, 0.25) is 0 Å². The molecule has 0 bridgehead atoms. The first kappa shape index (κ1) is 23.7. The van der Waals surface area contributed by atoms with Crippen LogP contribution in [0.3, 0.4) is 0 Å². The van der Waals surface area contributed by atoms with Gasteiger partial charge in [-0.15, -0.1) is 0 Å². The lowest BCUT2D eigenvalue weighted by atomic mass is 10.0. The average Bonchev–Trinajstić information content (AvgIpc) is 3.01. The fourth-order valence-electron chi connectivity index (χ4n) is 2.93. The molecule has 9 heteroatoms. The second-order valence-electron chi connectivity index (χ2n) is 8.66. The van der Waals surface area contributed by atoms with Crippen LogP contribution in [0.15, 0.2) is 0 Å². The van der Waals surface area contributed by atoms with Crippen LogP contribution in [-0.2, 0) is 19.1 Å². The Balaban J connectivity index is 2.84. The number of nitrogens with zero attached hydrogens (tertiary/aromatic N) is 1. The van der Waals surface area contributed by atoms with Crippen LogP contribution in [0.1, 0.15) is 60.8 Å². The van der Waals surface area contributed by atoms with Crippen LogP contribution in [0.5, 0.6) is 0 Å². The number of hydrogen-bond donors (Lipinski definition) is 3. The van der Waals surface area contributed by atoms with Gasteiger partial charge in [-0.1, -0.05) is 13.8 Å². The van der Waals surface area contributed by atoms with Gasteiger partial charge >= 0.3 is 6.09 Å². The van der Waals surface area contributed by atoms with E-state index >= 15 is 0 Å². The van der Waals surface area contributed by atoms with Crippen molar-refractivity contribution in [2.75, 3.05) is 6.54 Å². The number of amides is 4. The largest absolute Gasteiger partial charge is 0.444 e. The van der Waals surface area contributed by atoms with Crippen molar-refractivity contribution in [1.29, 1.82) is 0 Å². The van der Waals surface area contributed by atoms with Crippen molar-refractivity contribution in [3.05, 3.63) is 0 Å². The Morgan fingerprint density at radius 2 is 1.75 bits per heavy atom. The smallest absolute Gasteiger partial charge is 0.410 e. The molecule has 1 saturated heterocycles. The molecule has 3 atom stereocenters. The average molecular weight is 399 g/mol. The van der Waals surface area contributed by atoms with E-state index in [0.29, 0.717) is 25.8 Å². The lowest BCUT2D eigenvalue weighted by Crippen LogP contribution is -2.56. The van der Waals surface area contributed by atoms with Crippen molar-refractivity contribution in [3.63, 3.8) is 0 Å². The molecule has 4 N–H and O–H groups in total. The minimum Gasteiger partial charge on any atom is -0.444 e. The molecule has 28 heavy (non-hydrogen) atoms. The maximum absolute atomic E-state index is 12.8. The summed E-state index contributed by atoms with van der Waals surface area (Å²) in [6.07, 6.45) is 1.02. The molecule has 1 heterocycles. The zero-order chi connectivity index (χ0) is 21.6.